The number of anilines is 1. The Balaban J connectivity index is 1.91. The monoisotopic (exact) mass is 480 g/mol. The van der Waals surface area contributed by atoms with Crippen LogP contribution in [0.4, 0.5) is 19.7 Å². The average molecular weight is 481 g/mol. The Labute approximate surface area is 181 Å². The van der Waals surface area contributed by atoms with Gasteiger partial charge in [0.25, 0.3) is 0 Å². The summed E-state index contributed by atoms with van der Waals surface area (Å²) in [6, 6.07) is 9.14. The van der Waals surface area contributed by atoms with Crippen LogP contribution in [0, 0.1) is 5.82 Å². The van der Waals surface area contributed by atoms with Gasteiger partial charge in [0.2, 0.25) is 0 Å². The Hall–Kier alpha value is -3.14. The van der Waals surface area contributed by atoms with E-state index < -0.39 is 23.4 Å². The van der Waals surface area contributed by atoms with Crippen LogP contribution in [0.15, 0.2) is 46.9 Å². The van der Waals surface area contributed by atoms with Crippen molar-refractivity contribution in [3.63, 3.8) is 0 Å². The molecule has 0 radical (unpaired) electrons. The number of urea groups is 2. The van der Waals surface area contributed by atoms with E-state index in [4.69, 9.17) is 0 Å². The molecule has 0 aliphatic carbocycles. The lowest BCUT2D eigenvalue weighted by Gasteiger charge is -2.28. The minimum absolute atomic E-state index is 0.0617. The van der Waals surface area contributed by atoms with Crippen LogP contribution in [0.1, 0.15) is 18.9 Å². The van der Waals surface area contributed by atoms with Gasteiger partial charge in [-0.2, -0.15) is 0 Å². The molecular weight excluding hydrogens is 459 g/mol. The lowest BCUT2D eigenvalue weighted by molar-refractivity contribution is -0.112. The quantitative estimate of drug-likeness (QED) is 0.374. The van der Waals surface area contributed by atoms with E-state index in [1.54, 1.807) is 31.2 Å². The summed E-state index contributed by atoms with van der Waals surface area (Å²) in [4.78, 5) is 36.0. The highest BCUT2D eigenvalue weighted by Gasteiger charge is 2.27. The second-order valence-corrected chi connectivity index (χ2v) is 7.80. The zero-order valence-corrected chi connectivity index (χ0v) is 18.0. The standard InChI is InChI=1S/C20H22BrFN4O4/c1-20(12-27,9-8-13-4-3-5-15(28)10-13)24-19(30)26(2)25-18(29)23-17-7-6-14(21)11-16(17)22/h3-7,10-12,28H,8-9H2,1-2H3,(H,24,30)(H2,23,25,29). The fourth-order valence-corrected chi connectivity index (χ4v) is 2.87. The summed E-state index contributed by atoms with van der Waals surface area (Å²) < 4.78 is 14.3. The molecule has 1 atom stereocenters. The molecule has 2 aromatic carbocycles. The molecule has 0 spiro atoms. The number of nitrogens with one attached hydrogen (secondary N) is 3. The Morgan fingerprint density at radius 1 is 1.27 bits per heavy atom. The van der Waals surface area contributed by atoms with Gasteiger partial charge in [-0.25, -0.2) is 24.4 Å². The largest absolute Gasteiger partial charge is 0.508 e. The number of halogens is 2. The predicted molar refractivity (Wildman–Crippen MR) is 113 cm³/mol. The number of phenols is 1. The van der Waals surface area contributed by atoms with E-state index in [2.05, 4.69) is 32.0 Å². The number of carbonyl (C=O) groups excluding carboxylic acids is 3. The van der Waals surface area contributed by atoms with E-state index in [1.165, 1.54) is 25.2 Å². The van der Waals surface area contributed by atoms with E-state index in [0.29, 0.717) is 17.2 Å². The summed E-state index contributed by atoms with van der Waals surface area (Å²) in [6.45, 7) is 1.55. The summed E-state index contributed by atoms with van der Waals surface area (Å²) in [5.41, 5.74) is 1.78. The van der Waals surface area contributed by atoms with Crippen molar-refractivity contribution in [2.75, 3.05) is 12.4 Å². The molecule has 2 aromatic rings. The molecule has 4 amide bonds. The molecular formula is C20H22BrFN4O4. The number of aldehydes is 1. The van der Waals surface area contributed by atoms with Gasteiger partial charge in [0.05, 0.1) is 11.2 Å². The first-order chi connectivity index (χ1) is 14.1. The molecule has 0 bridgehead atoms. The highest BCUT2D eigenvalue weighted by Crippen LogP contribution is 2.19. The van der Waals surface area contributed by atoms with Crippen LogP contribution in [0.3, 0.4) is 0 Å². The maximum Gasteiger partial charge on any atom is 0.338 e. The topological polar surface area (TPSA) is 111 Å². The van der Waals surface area contributed by atoms with Gasteiger partial charge in [-0.3, -0.25) is 0 Å². The first-order valence-corrected chi connectivity index (χ1v) is 9.74. The fourth-order valence-electron chi connectivity index (χ4n) is 2.54. The van der Waals surface area contributed by atoms with Gasteiger partial charge in [-0.15, -0.1) is 0 Å². The van der Waals surface area contributed by atoms with Crippen LogP contribution in [0.2, 0.25) is 0 Å². The van der Waals surface area contributed by atoms with Gasteiger partial charge in [0, 0.05) is 11.5 Å². The molecule has 0 aliphatic heterocycles. The zero-order chi connectivity index (χ0) is 22.3. The molecule has 10 heteroatoms. The van der Waals surface area contributed by atoms with Crippen LogP contribution < -0.4 is 16.1 Å². The minimum Gasteiger partial charge on any atom is -0.508 e. The van der Waals surface area contributed by atoms with Crippen molar-refractivity contribution in [2.24, 2.45) is 0 Å². The van der Waals surface area contributed by atoms with Crippen molar-refractivity contribution in [1.82, 2.24) is 15.8 Å². The Kier molecular flexibility index (Phi) is 7.76. The summed E-state index contributed by atoms with van der Waals surface area (Å²) in [7, 11) is 1.29. The number of amides is 4. The maximum atomic E-state index is 13.8. The van der Waals surface area contributed by atoms with E-state index in [0.717, 1.165) is 10.6 Å². The smallest absolute Gasteiger partial charge is 0.338 e. The van der Waals surface area contributed by atoms with Gasteiger partial charge < -0.3 is 20.5 Å². The number of hydrogen-bond donors (Lipinski definition) is 4. The van der Waals surface area contributed by atoms with E-state index in [1.807, 2.05) is 0 Å². The van der Waals surface area contributed by atoms with Gasteiger partial charge in [0.1, 0.15) is 17.9 Å². The predicted octanol–water partition coefficient (Wildman–Crippen LogP) is 3.56. The van der Waals surface area contributed by atoms with Crippen LogP contribution in [0.5, 0.6) is 5.75 Å². The molecule has 0 aliphatic rings. The molecule has 1 unspecified atom stereocenters. The van der Waals surface area contributed by atoms with Crippen molar-refractivity contribution in [2.45, 2.75) is 25.3 Å². The molecule has 0 saturated carbocycles. The molecule has 30 heavy (non-hydrogen) atoms. The third-order valence-corrected chi connectivity index (χ3v) is 4.74. The molecule has 0 saturated heterocycles. The Morgan fingerprint density at radius 3 is 2.63 bits per heavy atom. The number of aryl methyl sites for hydroxylation is 1. The lowest BCUT2D eigenvalue weighted by atomic mass is 9.95. The highest BCUT2D eigenvalue weighted by atomic mass is 79.9. The molecule has 4 N–H and O–H groups in total. The molecule has 0 heterocycles. The van der Waals surface area contributed by atoms with Crippen molar-refractivity contribution in [3.8, 4) is 5.75 Å². The highest BCUT2D eigenvalue weighted by molar-refractivity contribution is 9.10. The number of carbonyl (C=O) groups is 3. The van der Waals surface area contributed by atoms with Gasteiger partial charge >= 0.3 is 12.1 Å². The summed E-state index contributed by atoms with van der Waals surface area (Å²) in [5, 5.41) is 15.2. The number of hydrogen-bond acceptors (Lipinski definition) is 4. The van der Waals surface area contributed by atoms with Crippen LogP contribution >= 0.6 is 15.9 Å². The average Bonchev–Trinajstić information content (AvgIpc) is 2.68. The molecule has 2 rings (SSSR count). The number of benzene rings is 2. The lowest BCUT2D eigenvalue weighted by Crippen LogP contribution is -2.56. The number of phenolic OH excluding ortho intramolecular Hbond substituents is 1. The fraction of sp³-hybridized carbons (Fsp3) is 0.250. The second-order valence-electron chi connectivity index (χ2n) is 6.88. The molecule has 160 valence electrons. The van der Waals surface area contributed by atoms with Crippen LogP contribution in [0.25, 0.3) is 0 Å². The third-order valence-electron chi connectivity index (χ3n) is 4.25. The number of nitrogens with zero attached hydrogens (tertiary/aromatic N) is 1. The van der Waals surface area contributed by atoms with Crippen LogP contribution in [-0.4, -0.2) is 41.1 Å². The summed E-state index contributed by atoms with van der Waals surface area (Å²) >= 11 is 3.12. The van der Waals surface area contributed by atoms with E-state index >= 15 is 0 Å². The zero-order valence-electron chi connectivity index (χ0n) is 16.4. The SMILES string of the molecule is CN(NC(=O)Nc1ccc(Br)cc1F)C(=O)NC(C)(C=O)CCc1cccc(O)c1. The molecule has 8 nitrogen and oxygen atoms in total. The maximum absolute atomic E-state index is 13.8. The summed E-state index contributed by atoms with van der Waals surface area (Å²) in [5.74, 6) is -0.534. The summed E-state index contributed by atoms with van der Waals surface area (Å²) in [6.07, 6.45) is 1.32. The minimum atomic E-state index is -1.20. The normalized spacial score (nSPS) is 12.4. The first kappa shape index (κ1) is 23.1. The third kappa shape index (κ3) is 6.73. The van der Waals surface area contributed by atoms with E-state index in [-0.39, 0.29) is 17.9 Å². The molecule has 0 fully saturated rings. The number of hydrazine groups is 1. The van der Waals surface area contributed by atoms with E-state index in [9.17, 15) is 23.9 Å². The van der Waals surface area contributed by atoms with Crippen molar-refractivity contribution in [1.29, 1.82) is 0 Å². The number of rotatable bonds is 6. The van der Waals surface area contributed by atoms with Crippen molar-refractivity contribution < 1.29 is 23.9 Å². The van der Waals surface area contributed by atoms with Gasteiger partial charge in [0.15, 0.2) is 0 Å². The van der Waals surface area contributed by atoms with Crippen molar-refractivity contribution >= 4 is 40.0 Å². The first-order valence-electron chi connectivity index (χ1n) is 8.95. The van der Waals surface area contributed by atoms with Crippen LogP contribution in [-0.2, 0) is 11.2 Å². The Morgan fingerprint density at radius 2 is 2.00 bits per heavy atom. The number of aromatic hydroxyl groups is 1. The second kappa shape index (κ2) is 10.1. The van der Waals surface area contributed by atoms with Crippen molar-refractivity contribution in [3.05, 3.63) is 58.3 Å². The Bertz CT molecular complexity index is 943. The van der Waals surface area contributed by atoms with Gasteiger partial charge in [-0.1, -0.05) is 28.1 Å². The molecule has 0 aromatic heterocycles. The van der Waals surface area contributed by atoms with Gasteiger partial charge in [-0.05, 0) is 55.7 Å².